The van der Waals surface area contributed by atoms with Crippen LogP contribution in [-0.4, -0.2) is 265 Å². The molecule has 17 N–H and O–H groups in total. The first-order valence-electron chi connectivity index (χ1n) is 36.7. The van der Waals surface area contributed by atoms with Gasteiger partial charge in [0.15, 0.2) is 24.7 Å². The van der Waals surface area contributed by atoms with Gasteiger partial charge in [-0.3, -0.25) is 47.9 Å². The molecule has 0 aromatic heterocycles. The Hall–Kier alpha value is -3.88. The second-order valence-electron chi connectivity index (χ2n) is 25.9. The Labute approximate surface area is 602 Å². The monoisotopic (exact) mass is 1490 g/mol. The standard InChI is InChI=1S/C59H105N5O23.C7H18NO4P.C2H6/c1-36-50(74)53(77)42(33-65)85-57(36)82-28-15-9-20-45(69)60-25-13-7-18-39(56(80)62-27-12-5-6-22-48(72)64-49(73)24-31-81-4)32-41(68)40(63-47(71)23-11-17-30-84-59-38(3)52(76)55(79)44(35-67)87-59)19-8-14-26-61-46(70)21-10-16-29-83-58-37(2)51(75)54(78)43(34-66)86-58;1-11-13(9,10)12-7-5-3-2-4-6-8;1-2/h36-40,42-44,50-55,57-59,65-67,74-79H,5-35H2,1-4H3,(H,60,69)(H,61,70)(H,62,80)(H,63,71)(H,64,72,73);2-8H2,1H3,(H,9,10);1-2H3/t36?,37?,38?,39?,40?,42?,43?,44?,50-,51-,52-,53+,54+,55+,57-,58-,59-;;/m1../s1. The van der Waals surface area contributed by atoms with Crippen molar-refractivity contribution in [3.05, 3.63) is 0 Å². The van der Waals surface area contributed by atoms with E-state index in [-0.39, 0.29) is 121 Å². The van der Waals surface area contributed by atoms with Crippen molar-refractivity contribution in [1.82, 2.24) is 26.6 Å². The molecule has 102 heavy (non-hydrogen) atoms. The van der Waals surface area contributed by atoms with Crippen molar-refractivity contribution in [2.24, 2.45) is 29.4 Å². The second-order valence-corrected chi connectivity index (χ2v) is 27.4. The Morgan fingerprint density at radius 1 is 0.461 bits per heavy atom. The smallest absolute Gasteiger partial charge is 0.394 e. The molecule has 3 aliphatic heterocycles. The van der Waals surface area contributed by atoms with E-state index in [1.54, 1.807) is 20.8 Å². The van der Waals surface area contributed by atoms with E-state index in [2.05, 4.69) is 35.6 Å². The zero-order valence-electron chi connectivity index (χ0n) is 61.4. The van der Waals surface area contributed by atoms with Crippen LogP contribution in [0.1, 0.15) is 195 Å². The molecule has 33 nitrogen and oxygen atoms in total. The van der Waals surface area contributed by atoms with Crippen LogP contribution >= 0.6 is 7.82 Å². The molecule has 0 saturated carbocycles. The topological polar surface area (TPSA) is 508 Å². The molecule has 0 spiro atoms. The van der Waals surface area contributed by atoms with Gasteiger partial charge in [-0.1, -0.05) is 60.3 Å². The highest BCUT2D eigenvalue weighted by Crippen LogP contribution is 2.42. The molecule has 0 radical (unpaired) electrons. The predicted molar refractivity (Wildman–Crippen MR) is 372 cm³/mol. The number of Topliss-reactive ketones (excluding diaryl/α,β-unsaturated/α-hetero) is 1. The van der Waals surface area contributed by atoms with E-state index < -0.39 is 149 Å². The van der Waals surface area contributed by atoms with Crippen molar-refractivity contribution in [1.29, 1.82) is 0 Å². The SMILES string of the molecule is CC.COCCC(=O)NC(=O)CCCCCNC(=O)C(CCCCNC(=O)CCCCO[C@@H]1OC(CO)[C@H](O)[C@H](O)C1C)CC(=O)C(CCCCNC(=O)CCCCO[C@@H]1OC(CO)[C@H](O)[C@H](O)C1C)NC(=O)CCCCO[C@@H]1OC(CO)[C@H](O)[C@H](O)C1C.COP(=O)(O)OCCCCCCN. The molecule has 0 aromatic rings. The van der Waals surface area contributed by atoms with Crippen LogP contribution < -0.4 is 32.3 Å². The van der Waals surface area contributed by atoms with Crippen molar-refractivity contribution < 1.29 is 131 Å². The van der Waals surface area contributed by atoms with E-state index in [9.17, 15) is 84.1 Å². The minimum Gasteiger partial charge on any atom is -0.394 e. The van der Waals surface area contributed by atoms with Gasteiger partial charge in [0, 0.05) is 109 Å². The summed E-state index contributed by atoms with van der Waals surface area (Å²) >= 11 is 0. The molecular formula is C68H129N6O27P. The lowest BCUT2D eigenvalue weighted by atomic mass is 9.91. The van der Waals surface area contributed by atoms with Crippen LogP contribution in [0.4, 0.5) is 0 Å². The number of carbonyl (C=O) groups is 7. The second kappa shape index (κ2) is 57.3. The molecule has 0 aliphatic carbocycles. The van der Waals surface area contributed by atoms with Crippen LogP contribution in [0.15, 0.2) is 0 Å². The molecule has 0 bridgehead atoms. The fourth-order valence-electron chi connectivity index (χ4n) is 11.2. The number of amides is 6. The number of rotatable bonds is 53. The Morgan fingerprint density at radius 2 is 0.843 bits per heavy atom. The molecule has 598 valence electrons. The van der Waals surface area contributed by atoms with Crippen molar-refractivity contribution in [2.45, 2.75) is 275 Å². The lowest BCUT2D eigenvalue weighted by molar-refractivity contribution is -0.282. The average molecular weight is 1490 g/mol. The van der Waals surface area contributed by atoms with Crippen molar-refractivity contribution in [2.75, 3.05) is 93.3 Å². The highest BCUT2D eigenvalue weighted by molar-refractivity contribution is 7.47. The van der Waals surface area contributed by atoms with E-state index >= 15 is 0 Å². The Balaban J connectivity index is 0.00000310. The minimum absolute atomic E-state index is 0.0172. The van der Waals surface area contributed by atoms with E-state index in [0.717, 1.165) is 32.8 Å². The lowest BCUT2D eigenvalue weighted by Crippen LogP contribution is -2.55. The summed E-state index contributed by atoms with van der Waals surface area (Å²) in [4.78, 5) is 100. The van der Waals surface area contributed by atoms with E-state index in [1.807, 2.05) is 13.8 Å². The van der Waals surface area contributed by atoms with Gasteiger partial charge in [-0.2, -0.15) is 0 Å². The number of methoxy groups -OCH3 is 1. The highest BCUT2D eigenvalue weighted by atomic mass is 31.2. The minimum atomic E-state index is -3.75. The fourth-order valence-corrected chi connectivity index (χ4v) is 11.6. The van der Waals surface area contributed by atoms with Crippen molar-refractivity contribution in [3.63, 3.8) is 0 Å². The molecule has 9 unspecified atom stereocenters. The largest absolute Gasteiger partial charge is 0.471 e. The molecule has 3 rings (SSSR count). The Kier molecular flexibility index (Phi) is 54.0. The Bertz CT molecular complexity index is 2320. The molecule has 3 aliphatic rings. The zero-order valence-corrected chi connectivity index (χ0v) is 62.3. The van der Waals surface area contributed by atoms with Gasteiger partial charge in [0.25, 0.3) is 0 Å². The summed E-state index contributed by atoms with van der Waals surface area (Å²) in [5, 5.41) is 104. The first-order chi connectivity index (χ1) is 48.8. The summed E-state index contributed by atoms with van der Waals surface area (Å²) in [7, 11) is -1.15. The number of phosphoric acid groups is 1. The summed E-state index contributed by atoms with van der Waals surface area (Å²) in [6, 6.07) is -0.986. The summed E-state index contributed by atoms with van der Waals surface area (Å²) in [5.41, 5.74) is 5.30. The molecule has 3 saturated heterocycles. The number of carbonyl (C=O) groups excluding carboxylic acids is 7. The average Bonchev–Trinajstić information content (AvgIpc) is 0.834. The Morgan fingerprint density at radius 3 is 1.28 bits per heavy atom. The highest BCUT2D eigenvalue weighted by Gasteiger charge is 2.45. The summed E-state index contributed by atoms with van der Waals surface area (Å²) in [5.74, 6) is -4.91. The number of nitrogens with two attached hydrogens (primary N) is 1. The first kappa shape index (κ1) is 96.1. The van der Waals surface area contributed by atoms with Gasteiger partial charge < -0.3 is 111 Å². The van der Waals surface area contributed by atoms with Crippen LogP contribution in [0.3, 0.4) is 0 Å². The molecular weight excluding hydrogens is 1360 g/mol. The van der Waals surface area contributed by atoms with Gasteiger partial charge in [-0.15, -0.1) is 0 Å². The van der Waals surface area contributed by atoms with Crippen LogP contribution in [0, 0.1) is 23.7 Å². The molecule has 34 heteroatoms. The molecule has 3 fully saturated rings. The maximum absolute atomic E-state index is 14.3. The van der Waals surface area contributed by atoms with Gasteiger partial charge in [0.1, 0.15) is 36.6 Å². The van der Waals surface area contributed by atoms with Crippen molar-refractivity contribution in [3.8, 4) is 0 Å². The quantitative estimate of drug-likeness (QED) is 0.0299. The zero-order chi connectivity index (χ0) is 76.4. The van der Waals surface area contributed by atoms with E-state index in [4.69, 9.17) is 43.8 Å². The van der Waals surface area contributed by atoms with Crippen LogP contribution in [0.5, 0.6) is 0 Å². The van der Waals surface area contributed by atoms with Gasteiger partial charge in [0.2, 0.25) is 35.4 Å². The third kappa shape index (κ3) is 40.2. The predicted octanol–water partition coefficient (Wildman–Crippen LogP) is 1.06. The van der Waals surface area contributed by atoms with Crippen LogP contribution in [0.25, 0.3) is 0 Å². The molecule has 18 atom stereocenters. The fraction of sp³-hybridized carbons (Fsp3) is 0.897. The van der Waals surface area contributed by atoms with Gasteiger partial charge >= 0.3 is 7.82 Å². The normalized spacial score (nSPS) is 26.0. The lowest BCUT2D eigenvalue weighted by Gasteiger charge is -2.40. The number of ketones is 1. The number of aliphatic hydroxyl groups is 9. The number of aliphatic hydroxyl groups excluding tert-OH is 9. The summed E-state index contributed by atoms with van der Waals surface area (Å²) in [6.07, 6.45) is -2.17. The third-order valence-electron chi connectivity index (χ3n) is 17.7. The number of nitrogens with one attached hydrogen (secondary N) is 5. The van der Waals surface area contributed by atoms with Crippen LogP contribution in [-0.2, 0) is 80.3 Å². The third-order valence-corrected chi connectivity index (χ3v) is 18.6. The van der Waals surface area contributed by atoms with E-state index in [1.165, 1.54) is 7.11 Å². The number of hydrogen-bond donors (Lipinski definition) is 16. The molecule has 3 heterocycles. The maximum atomic E-state index is 14.3. The number of unbranched alkanes of at least 4 members (excludes halogenated alkanes) is 10. The summed E-state index contributed by atoms with van der Waals surface area (Å²) in [6.45, 7) is 10.0. The number of ether oxygens (including phenoxy) is 7. The van der Waals surface area contributed by atoms with Crippen LogP contribution in [0.2, 0.25) is 0 Å². The number of hydrogen-bond acceptors (Lipinski definition) is 27. The number of phosphoric ester groups is 1. The summed E-state index contributed by atoms with van der Waals surface area (Å²) < 4.78 is 58.6. The van der Waals surface area contributed by atoms with Gasteiger partial charge in [0.05, 0.1) is 63.8 Å². The first-order valence-corrected chi connectivity index (χ1v) is 38.2. The molecule has 6 amide bonds. The number of imide groups is 1. The van der Waals surface area contributed by atoms with Gasteiger partial charge in [-0.25, -0.2) is 4.57 Å². The van der Waals surface area contributed by atoms with E-state index in [0.29, 0.717) is 96.6 Å². The van der Waals surface area contributed by atoms with Crippen molar-refractivity contribution >= 4 is 49.0 Å². The maximum Gasteiger partial charge on any atom is 0.471 e. The molecule has 0 aromatic carbocycles. The van der Waals surface area contributed by atoms with Gasteiger partial charge in [-0.05, 0) is 103 Å².